The number of hydrogen-bond donors (Lipinski definition) is 0. The second-order valence-electron chi connectivity index (χ2n) is 4.74. The van der Waals surface area contributed by atoms with Gasteiger partial charge in [0.25, 0.3) is 0 Å². The zero-order valence-corrected chi connectivity index (χ0v) is 12.6. The van der Waals surface area contributed by atoms with Crippen LogP contribution in [-0.4, -0.2) is 38.4 Å². The molecule has 0 radical (unpaired) electrons. The molecule has 0 saturated carbocycles. The van der Waals surface area contributed by atoms with Crippen LogP contribution >= 0.6 is 11.3 Å². The molecule has 0 bridgehead atoms. The molecule has 1 aromatic heterocycles. The zero-order chi connectivity index (χ0) is 13.9. The standard InChI is InChI=1S/C15H18N2O2S/c1-11-15(17-7-9-19-10-8-17)20-14(16-11)12-3-5-13(18-2)6-4-12/h3-6H,7-10H2,1-2H3. The summed E-state index contributed by atoms with van der Waals surface area (Å²) in [7, 11) is 1.68. The zero-order valence-electron chi connectivity index (χ0n) is 11.8. The Kier molecular flexibility index (Phi) is 3.89. The largest absolute Gasteiger partial charge is 0.497 e. The average Bonchev–Trinajstić information content (AvgIpc) is 2.90. The van der Waals surface area contributed by atoms with Crippen LogP contribution in [0.15, 0.2) is 24.3 Å². The fraction of sp³-hybridized carbons (Fsp3) is 0.400. The summed E-state index contributed by atoms with van der Waals surface area (Å²) in [5.41, 5.74) is 2.24. The Morgan fingerprint density at radius 3 is 2.55 bits per heavy atom. The van der Waals surface area contributed by atoms with E-state index in [0.717, 1.165) is 48.3 Å². The minimum atomic E-state index is 0.801. The molecular weight excluding hydrogens is 272 g/mol. The van der Waals surface area contributed by atoms with E-state index in [2.05, 4.69) is 24.0 Å². The fourth-order valence-electron chi connectivity index (χ4n) is 2.31. The highest BCUT2D eigenvalue weighted by molar-refractivity contribution is 7.19. The minimum Gasteiger partial charge on any atom is -0.497 e. The lowest BCUT2D eigenvalue weighted by Gasteiger charge is -2.27. The Bertz CT molecular complexity index is 574. The molecule has 4 nitrogen and oxygen atoms in total. The molecule has 2 aromatic rings. The molecule has 1 aliphatic heterocycles. The third kappa shape index (κ3) is 2.64. The van der Waals surface area contributed by atoms with Crippen LogP contribution in [0.2, 0.25) is 0 Å². The average molecular weight is 290 g/mol. The van der Waals surface area contributed by atoms with Crippen molar-refractivity contribution in [3.63, 3.8) is 0 Å². The fourth-order valence-corrected chi connectivity index (χ4v) is 3.43. The van der Waals surface area contributed by atoms with Crippen LogP contribution < -0.4 is 9.64 Å². The summed E-state index contributed by atoms with van der Waals surface area (Å²) < 4.78 is 10.6. The molecule has 5 heteroatoms. The van der Waals surface area contributed by atoms with Crippen LogP contribution in [0.3, 0.4) is 0 Å². The molecule has 2 heterocycles. The molecule has 1 aromatic carbocycles. The molecule has 20 heavy (non-hydrogen) atoms. The Balaban J connectivity index is 1.86. The maximum atomic E-state index is 5.41. The third-order valence-corrected chi connectivity index (χ3v) is 4.67. The van der Waals surface area contributed by atoms with Crippen molar-refractivity contribution in [2.24, 2.45) is 0 Å². The van der Waals surface area contributed by atoms with Crippen LogP contribution in [0.5, 0.6) is 5.75 Å². The molecule has 0 spiro atoms. The Morgan fingerprint density at radius 2 is 1.90 bits per heavy atom. The van der Waals surface area contributed by atoms with E-state index in [-0.39, 0.29) is 0 Å². The molecule has 1 saturated heterocycles. The molecule has 0 amide bonds. The maximum absolute atomic E-state index is 5.41. The van der Waals surface area contributed by atoms with Gasteiger partial charge in [0.05, 0.1) is 26.0 Å². The van der Waals surface area contributed by atoms with E-state index in [4.69, 9.17) is 14.5 Å². The van der Waals surface area contributed by atoms with Gasteiger partial charge in [-0.05, 0) is 31.2 Å². The topological polar surface area (TPSA) is 34.6 Å². The molecule has 0 aliphatic carbocycles. The van der Waals surface area contributed by atoms with Gasteiger partial charge in [0, 0.05) is 18.7 Å². The number of ether oxygens (including phenoxy) is 2. The van der Waals surface area contributed by atoms with Crippen molar-refractivity contribution in [1.29, 1.82) is 0 Å². The highest BCUT2D eigenvalue weighted by atomic mass is 32.1. The lowest BCUT2D eigenvalue weighted by molar-refractivity contribution is 0.123. The second kappa shape index (κ2) is 5.81. The van der Waals surface area contributed by atoms with Gasteiger partial charge in [-0.25, -0.2) is 4.98 Å². The number of methoxy groups -OCH3 is 1. The van der Waals surface area contributed by atoms with Crippen LogP contribution in [0.1, 0.15) is 5.69 Å². The first-order valence-corrected chi connectivity index (χ1v) is 7.54. The number of hydrogen-bond acceptors (Lipinski definition) is 5. The first-order chi connectivity index (χ1) is 9.78. The number of rotatable bonds is 3. The number of morpholine rings is 1. The van der Waals surface area contributed by atoms with Gasteiger partial charge in [-0.3, -0.25) is 0 Å². The summed E-state index contributed by atoms with van der Waals surface area (Å²) >= 11 is 1.75. The summed E-state index contributed by atoms with van der Waals surface area (Å²) in [6, 6.07) is 8.06. The molecule has 1 fully saturated rings. The second-order valence-corrected chi connectivity index (χ2v) is 5.72. The summed E-state index contributed by atoms with van der Waals surface area (Å²) in [5, 5.41) is 2.32. The lowest BCUT2D eigenvalue weighted by atomic mass is 10.2. The number of aryl methyl sites for hydroxylation is 1. The van der Waals surface area contributed by atoms with E-state index in [1.54, 1.807) is 18.4 Å². The van der Waals surface area contributed by atoms with Crippen molar-refractivity contribution < 1.29 is 9.47 Å². The van der Waals surface area contributed by atoms with Gasteiger partial charge >= 0.3 is 0 Å². The smallest absolute Gasteiger partial charge is 0.125 e. The minimum absolute atomic E-state index is 0.801. The van der Waals surface area contributed by atoms with Gasteiger partial charge in [-0.2, -0.15) is 0 Å². The number of nitrogens with zero attached hydrogens (tertiary/aromatic N) is 2. The van der Waals surface area contributed by atoms with Gasteiger partial charge in [0.15, 0.2) is 0 Å². The molecule has 3 rings (SSSR count). The summed E-state index contributed by atoms with van der Waals surface area (Å²) in [4.78, 5) is 7.07. The van der Waals surface area contributed by atoms with E-state index in [1.807, 2.05) is 12.1 Å². The van der Waals surface area contributed by atoms with Crippen molar-refractivity contribution in [1.82, 2.24) is 4.98 Å². The van der Waals surface area contributed by atoms with E-state index < -0.39 is 0 Å². The van der Waals surface area contributed by atoms with Crippen LogP contribution in [-0.2, 0) is 4.74 Å². The Morgan fingerprint density at radius 1 is 1.20 bits per heavy atom. The summed E-state index contributed by atoms with van der Waals surface area (Å²) in [6.07, 6.45) is 0. The molecule has 106 valence electrons. The van der Waals surface area contributed by atoms with Crippen LogP contribution in [0.25, 0.3) is 10.6 Å². The monoisotopic (exact) mass is 290 g/mol. The van der Waals surface area contributed by atoms with Gasteiger partial charge in [-0.1, -0.05) is 11.3 Å². The summed E-state index contributed by atoms with van der Waals surface area (Å²) in [5.74, 6) is 0.871. The quantitative estimate of drug-likeness (QED) is 0.870. The van der Waals surface area contributed by atoms with Gasteiger partial charge in [0.1, 0.15) is 15.8 Å². The molecule has 0 unspecified atom stereocenters. The lowest BCUT2D eigenvalue weighted by Crippen LogP contribution is -2.36. The van der Waals surface area contributed by atoms with Crippen molar-refractivity contribution in [2.75, 3.05) is 38.3 Å². The van der Waals surface area contributed by atoms with Crippen LogP contribution in [0.4, 0.5) is 5.00 Å². The van der Waals surface area contributed by atoms with Gasteiger partial charge < -0.3 is 14.4 Å². The van der Waals surface area contributed by atoms with Gasteiger partial charge in [-0.15, -0.1) is 0 Å². The van der Waals surface area contributed by atoms with Crippen molar-refractivity contribution in [3.05, 3.63) is 30.0 Å². The summed E-state index contributed by atoms with van der Waals surface area (Å²) in [6.45, 7) is 5.58. The first-order valence-electron chi connectivity index (χ1n) is 6.72. The number of anilines is 1. The highest BCUT2D eigenvalue weighted by Crippen LogP contribution is 2.35. The van der Waals surface area contributed by atoms with Crippen molar-refractivity contribution in [2.45, 2.75) is 6.92 Å². The van der Waals surface area contributed by atoms with Crippen LogP contribution in [0, 0.1) is 6.92 Å². The molecule has 1 aliphatic rings. The number of thiazole rings is 1. The van der Waals surface area contributed by atoms with Crippen molar-refractivity contribution >= 4 is 16.3 Å². The third-order valence-electron chi connectivity index (χ3n) is 3.41. The number of aromatic nitrogens is 1. The number of benzene rings is 1. The Labute approximate surface area is 123 Å². The van der Waals surface area contributed by atoms with E-state index in [9.17, 15) is 0 Å². The SMILES string of the molecule is COc1ccc(-c2nc(C)c(N3CCOCC3)s2)cc1. The Hall–Kier alpha value is -1.59. The van der Waals surface area contributed by atoms with E-state index in [0.29, 0.717) is 0 Å². The first kappa shape index (κ1) is 13.4. The normalized spacial score (nSPS) is 15.4. The van der Waals surface area contributed by atoms with E-state index >= 15 is 0 Å². The predicted molar refractivity (Wildman–Crippen MR) is 81.9 cm³/mol. The van der Waals surface area contributed by atoms with E-state index in [1.165, 1.54) is 5.00 Å². The van der Waals surface area contributed by atoms with Crippen molar-refractivity contribution in [3.8, 4) is 16.3 Å². The maximum Gasteiger partial charge on any atom is 0.125 e. The van der Waals surface area contributed by atoms with Gasteiger partial charge in [0.2, 0.25) is 0 Å². The molecular formula is C15H18N2O2S. The predicted octanol–water partition coefficient (Wildman–Crippen LogP) is 2.96. The molecule has 0 N–H and O–H groups in total. The highest BCUT2D eigenvalue weighted by Gasteiger charge is 2.18. The molecule has 0 atom stereocenters.